The summed E-state index contributed by atoms with van der Waals surface area (Å²) in [4.78, 5) is 25.8. The van der Waals surface area contributed by atoms with Crippen LogP contribution in [-0.4, -0.2) is 41.1 Å². The van der Waals surface area contributed by atoms with Crippen LogP contribution >= 0.6 is 0 Å². The van der Waals surface area contributed by atoms with E-state index in [1.165, 1.54) is 6.42 Å². The van der Waals surface area contributed by atoms with Gasteiger partial charge in [0.2, 0.25) is 5.91 Å². The van der Waals surface area contributed by atoms with E-state index < -0.39 is 5.60 Å². The average Bonchev–Trinajstić information content (AvgIpc) is 2.69. The summed E-state index contributed by atoms with van der Waals surface area (Å²) in [6.07, 6.45) is 4.53. The molecular formula is C14H24N2O3. The van der Waals surface area contributed by atoms with Crippen LogP contribution < -0.4 is 5.32 Å². The minimum absolute atomic E-state index is 0.0203. The molecule has 0 aromatic rings. The quantitative estimate of drug-likeness (QED) is 0.834. The number of carbonyl (C=O) groups excluding carboxylic acids is 2. The standard InChI is InChI=1S/C14H24N2O3/c1-14(2,3)19-13(18)16-9-5-8-11(16)12(17)15-10-6-4-7-10/h10-11H,4-9H2,1-3H3,(H,15,17). The zero-order valence-electron chi connectivity index (χ0n) is 12.1. The van der Waals surface area contributed by atoms with Gasteiger partial charge in [0.1, 0.15) is 11.6 Å². The van der Waals surface area contributed by atoms with Gasteiger partial charge in [0.25, 0.3) is 0 Å². The molecule has 108 valence electrons. The number of likely N-dealkylation sites (tertiary alicyclic amines) is 1. The molecule has 1 unspecified atom stereocenters. The molecule has 0 aromatic carbocycles. The van der Waals surface area contributed by atoms with Crippen LogP contribution in [0.4, 0.5) is 4.79 Å². The first-order valence-electron chi connectivity index (χ1n) is 7.17. The van der Waals surface area contributed by atoms with Crippen LogP contribution in [0.3, 0.4) is 0 Å². The van der Waals surface area contributed by atoms with Crippen LogP contribution in [-0.2, 0) is 9.53 Å². The smallest absolute Gasteiger partial charge is 0.410 e. The van der Waals surface area contributed by atoms with Gasteiger partial charge in [-0.2, -0.15) is 0 Å². The van der Waals surface area contributed by atoms with Crippen molar-refractivity contribution < 1.29 is 14.3 Å². The van der Waals surface area contributed by atoms with Crippen LogP contribution in [0.25, 0.3) is 0 Å². The summed E-state index contributed by atoms with van der Waals surface area (Å²) in [7, 11) is 0. The second-order valence-corrected chi connectivity index (χ2v) is 6.47. The largest absolute Gasteiger partial charge is 0.444 e. The number of nitrogens with one attached hydrogen (secondary N) is 1. The molecule has 2 amide bonds. The summed E-state index contributed by atoms with van der Waals surface area (Å²) in [5.74, 6) is -0.0203. The Morgan fingerprint density at radius 1 is 1.16 bits per heavy atom. The number of rotatable bonds is 2. The molecule has 1 aliphatic heterocycles. The number of carbonyl (C=O) groups is 2. The van der Waals surface area contributed by atoms with Gasteiger partial charge in [-0.1, -0.05) is 0 Å². The fourth-order valence-corrected chi connectivity index (χ4v) is 2.43. The minimum atomic E-state index is -0.519. The lowest BCUT2D eigenvalue weighted by Gasteiger charge is -2.31. The second kappa shape index (κ2) is 5.39. The fraction of sp³-hybridized carbons (Fsp3) is 0.857. The Kier molecular flexibility index (Phi) is 4.02. The summed E-state index contributed by atoms with van der Waals surface area (Å²) in [5.41, 5.74) is -0.519. The summed E-state index contributed by atoms with van der Waals surface area (Å²) in [5, 5.41) is 3.02. The molecule has 0 spiro atoms. The predicted molar refractivity (Wildman–Crippen MR) is 71.7 cm³/mol. The summed E-state index contributed by atoms with van der Waals surface area (Å²) < 4.78 is 5.35. The topological polar surface area (TPSA) is 58.6 Å². The number of nitrogens with zero attached hydrogens (tertiary/aromatic N) is 1. The third kappa shape index (κ3) is 3.61. The predicted octanol–water partition coefficient (Wildman–Crippen LogP) is 2.05. The first-order valence-corrected chi connectivity index (χ1v) is 7.17. The summed E-state index contributed by atoms with van der Waals surface area (Å²) in [6, 6.07) is -0.0379. The van der Waals surface area contributed by atoms with Gasteiger partial charge in [0, 0.05) is 12.6 Å². The summed E-state index contributed by atoms with van der Waals surface area (Å²) in [6.45, 7) is 6.12. The van der Waals surface area contributed by atoms with E-state index in [0.717, 1.165) is 25.7 Å². The van der Waals surface area contributed by atoms with Gasteiger partial charge >= 0.3 is 6.09 Å². The van der Waals surface area contributed by atoms with Crippen molar-refractivity contribution in [3.63, 3.8) is 0 Å². The van der Waals surface area contributed by atoms with Gasteiger partial charge in [-0.15, -0.1) is 0 Å². The van der Waals surface area contributed by atoms with E-state index in [4.69, 9.17) is 4.74 Å². The molecule has 2 rings (SSSR count). The zero-order valence-corrected chi connectivity index (χ0v) is 12.1. The molecule has 2 aliphatic rings. The molecule has 1 saturated carbocycles. The average molecular weight is 268 g/mol. The van der Waals surface area contributed by atoms with Crippen molar-refractivity contribution in [2.45, 2.75) is 70.6 Å². The molecule has 1 aliphatic carbocycles. The van der Waals surface area contributed by atoms with E-state index in [2.05, 4.69) is 5.32 Å². The molecule has 19 heavy (non-hydrogen) atoms. The van der Waals surface area contributed by atoms with E-state index in [1.54, 1.807) is 4.90 Å². The van der Waals surface area contributed by atoms with Gasteiger partial charge in [0.05, 0.1) is 0 Å². The molecule has 1 N–H and O–H groups in total. The Labute approximate surface area is 114 Å². The number of ether oxygens (including phenoxy) is 1. The molecule has 1 heterocycles. The van der Waals surface area contributed by atoms with Gasteiger partial charge in [-0.05, 0) is 52.9 Å². The summed E-state index contributed by atoms with van der Waals surface area (Å²) >= 11 is 0. The molecule has 5 heteroatoms. The monoisotopic (exact) mass is 268 g/mol. The number of amides is 2. The van der Waals surface area contributed by atoms with Crippen molar-refractivity contribution in [1.82, 2.24) is 10.2 Å². The van der Waals surface area contributed by atoms with E-state index in [-0.39, 0.29) is 18.0 Å². The van der Waals surface area contributed by atoms with E-state index in [0.29, 0.717) is 12.6 Å². The lowest BCUT2D eigenvalue weighted by atomic mass is 9.93. The number of hydrogen-bond donors (Lipinski definition) is 1. The van der Waals surface area contributed by atoms with Crippen LogP contribution in [0.2, 0.25) is 0 Å². The maximum absolute atomic E-state index is 12.2. The van der Waals surface area contributed by atoms with E-state index in [9.17, 15) is 9.59 Å². The third-order valence-corrected chi connectivity index (χ3v) is 3.64. The SMILES string of the molecule is CC(C)(C)OC(=O)N1CCCC1C(=O)NC1CCC1. The Hall–Kier alpha value is -1.26. The van der Waals surface area contributed by atoms with Gasteiger partial charge in [-0.25, -0.2) is 4.79 Å². The van der Waals surface area contributed by atoms with Crippen molar-refractivity contribution in [2.24, 2.45) is 0 Å². The maximum atomic E-state index is 12.2. The molecule has 0 radical (unpaired) electrons. The normalized spacial score (nSPS) is 23.9. The highest BCUT2D eigenvalue weighted by Crippen LogP contribution is 2.23. The van der Waals surface area contributed by atoms with Crippen LogP contribution in [0, 0.1) is 0 Å². The molecule has 1 saturated heterocycles. The van der Waals surface area contributed by atoms with Crippen molar-refractivity contribution in [2.75, 3.05) is 6.54 Å². The highest BCUT2D eigenvalue weighted by Gasteiger charge is 2.37. The van der Waals surface area contributed by atoms with Crippen molar-refractivity contribution in [1.29, 1.82) is 0 Å². The minimum Gasteiger partial charge on any atom is -0.444 e. The van der Waals surface area contributed by atoms with E-state index >= 15 is 0 Å². The molecule has 1 atom stereocenters. The maximum Gasteiger partial charge on any atom is 0.410 e. The Bertz CT molecular complexity index is 358. The van der Waals surface area contributed by atoms with Crippen LogP contribution in [0.1, 0.15) is 52.9 Å². The highest BCUT2D eigenvalue weighted by molar-refractivity contribution is 5.86. The first kappa shape index (κ1) is 14.2. The fourth-order valence-electron chi connectivity index (χ4n) is 2.43. The van der Waals surface area contributed by atoms with Crippen molar-refractivity contribution in [3.8, 4) is 0 Å². The third-order valence-electron chi connectivity index (χ3n) is 3.64. The van der Waals surface area contributed by atoms with Gasteiger partial charge in [0.15, 0.2) is 0 Å². The van der Waals surface area contributed by atoms with E-state index in [1.807, 2.05) is 20.8 Å². The molecule has 2 fully saturated rings. The first-order chi connectivity index (χ1) is 8.87. The van der Waals surface area contributed by atoms with Crippen LogP contribution in [0.5, 0.6) is 0 Å². The van der Waals surface area contributed by atoms with Gasteiger partial charge < -0.3 is 10.1 Å². The molecule has 5 nitrogen and oxygen atoms in total. The zero-order chi connectivity index (χ0) is 14.0. The Morgan fingerprint density at radius 3 is 2.37 bits per heavy atom. The highest BCUT2D eigenvalue weighted by atomic mass is 16.6. The Morgan fingerprint density at radius 2 is 1.84 bits per heavy atom. The van der Waals surface area contributed by atoms with Crippen molar-refractivity contribution in [3.05, 3.63) is 0 Å². The number of hydrogen-bond acceptors (Lipinski definition) is 3. The van der Waals surface area contributed by atoms with Crippen LogP contribution in [0.15, 0.2) is 0 Å². The lowest BCUT2D eigenvalue weighted by Crippen LogP contribution is -2.51. The molecule has 0 bridgehead atoms. The molecule has 0 aromatic heterocycles. The Balaban J connectivity index is 1.91. The van der Waals surface area contributed by atoms with Crippen molar-refractivity contribution >= 4 is 12.0 Å². The second-order valence-electron chi connectivity index (χ2n) is 6.47. The lowest BCUT2D eigenvalue weighted by molar-refractivity contribution is -0.126. The molecular weight excluding hydrogens is 244 g/mol. The van der Waals surface area contributed by atoms with Gasteiger partial charge in [-0.3, -0.25) is 9.69 Å².